The van der Waals surface area contributed by atoms with Crippen LogP contribution in [0.2, 0.25) is 0 Å². The van der Waals surface area contributed by atoms with Gasteiger partial charge in [0.2, 0.25) is 0 Å². The van der Waals surface area contributed by atoms with Crippen molar-refractivity contribution in [2.75, 3.05) is 4.90 Å². The van der Waals surface area contributed by atoms with E-state index in [-0.39, 0.29) is 10.8 Å². The van der Waals surface area contributed by atoms with E-state index in [4.69, 9.17) is 9.15 Å². The highest BCUT2D eigenvalue weighted by Gasteiger charge is 2.53. The summed E-state index contributed by atoms with van der Waals surface area (Å²) in [6.45, 7) is 14.1. The Morgan fingerprint density at radius 1 is 0.350 bits per heavy atom. The van der Waals surface area contributed by atoms with Crippen LogP contribution in [-0.2, 0) is 21.7 Å². The Kier molecular flexibility index (Phi) is 9.94. The molecule has 0 saturated heterocycles. The zero-order valence-corrected chi connectivity index (χ0v) is 46.5. The molecule has 3 nitrogen and oxygen atoms in total. The Hall–Kier alpha value is -8.83. The molecule has 0 N–H and O–H groups in total. The summed E-state index contributed by atoms with van der Waals surface area (Å²) >= 11 is 1.90. The van der Waals surface area contributed by atoms with Crippen LogP contribution < -0.4 is 9.64 Å². The van der Waals surface area contributed by atoms with Gasteiger partial charge in [0.25, 0.3) is 0 Å². The molecule has 2 aliphatic heterocycles. The van der Waals surface area contributed by atoms with Crippen LogP contribution >= 0.6 is 11.8 Å². The van der Waals surface area contributed by atoms with Crippen molar-refractivity contribution in [2.24, 2.45) is 0 Å². The Balaban J connectivity index is 1.02. The molecule has 384 valence electrons. The Bertz CT molecular complexity index is 4490. The first kappa shape index (κ1) is 47.2. The Morgan fingerprint density at radius 2 is 0.825 bits per heavy atom. The van der Waals surface area contributed by atoms with Gasteiger partial charge in [-0.3, -0.25) is 0 Å². The maximum atomic E-state index is 6.84. The van der Waals surface area contributed by atoms with E-state index in [0.29, 0.717) is 0 Å². The topological polar surface area (TPSA) is 25.6 Å². The predicted molar refractivity (Wildman–Crippen MR) is 330 cm³/mol. The van der Waals surface area contributed by atoms with Gasteiger partial charge >= 0.3 is 0 Å². The number of ether oxygens (including phenoxy) is 1. The van der Waals surface area contributed by atoms with Gasteiger partial charge in [-0.15, -0.1) is 0 Å². The van der Waals surface area contributed by atoms with E-state index in [1.807, 2.05) is 11.8 Å². The number of hydrogen-bond donors (Lipinski definition) is 0. The number of rotatable bonds is 4. The van der Waals surface area contributed by atoms with Crippen molar-refractivity contribution in [2.45, 2.75) is 73.0 Å². The molecular formula is C76H57NO2S. The van der Waals surface area contributed by atoms with Gasteiger partial charge in [0.05, 0.1) is 16.5 Å². The monoisotopic (exact) mass is 1050 g/mol. The van der Waals surface area contributed by atoms with Gasteiger partial charge in [0.1, 0.15) is 22.7 Å². The Morgan fingerprint density at radius 3 is 1.51 bits per heavy atom. The SMILES string of the molecule is CC(C)(C)c1ccc2c(c1)C1(c3ccccc3Sc3ccc(N(c4ccc5c(c4)C4(c6ccccc6Oc6ccccc64)c4ccccc4-5)c4ccccc4-c4cccc5oc6ccccc6c45)cc31)c1cc(C(C)(C)C)ccc1-2. The first-order chi connectivity index (χ1) is 38.9. The van der Waals surface area contributed by atoms with Crippen LogP contribution in [0.15, 0.2) is 251 Å². The molecule has 80 heavy (non-hydrogen) atoms. The third-order valence-electron chi connectivity index (χ3n) is 17.9. The molecule has 2 aliphatic carbocycles. The first-order valence-electron chi connectivity index (χ1n) is 28.1. The lowest BCUT2D eigenvalue weighted by atomic mass is 9.66. The summed E-state index contributed by atoms with van der Waals surface area (Å²) in [7, 11) is 0. The van der Waals surface area contributed by atoms with Crippen molar-refractivity contribution in [1.29, 1.82) is 0 Å². The quantitative estimate of drug-likeness (QED) is 0.175. The summed E-state index contributed by atoms with van der Waals surface area (Å²) in [5.41, 5.74) is 23.5. The maximum Gasteiger partial charge on any atom is 0.136 e. The summed E-state index contributed by atoms with van der Waals surface area (Å²) in [4.78, 5) is 5.10. The number of furan rings is 1. The number of benzene rings is 11. The molecule has 3 heterocycles. The number of fused-ring (bicyclic) bond motifs is 21. The van der Waals surface area contributed by atoms with E-state index in [0.717, 1.165) is 72.8 Å². The average Bonchev–Trinajstić information content (AvgIpc) is 3.10. The minimum Gasteiger partial charge on any atom is -0.457 e. The molecular weight excluding hydrogens is 991 g/mol. The largest absolute Gasteiger partial charge is 0.457 e. The molecule has 0 saturated carbocycles. The van der Waals surface area contributed by atoms with Gasteiger partial charge in [0, 0.05) is 48.6 Å². The molecule has 1 aromatic heterocycles. The van der Waals surface area contributed by atoms with Crippen LogP contribution in [0.3, 0.4) is 0 Å². The van der Waals surface area contributed by atoms with Gasteiger partial charge in [-0.05, 0) is 150 Å². The summed E-state index contributed by atoms with van der Waals surface area (Å²) < 4.78 is 13.5. The summed E-state index contributed by atoms with van der Waals surface area (Å²) in [5, 5.41) is 2.21. The molecule has 0 atom stereocenters. The molecule has 0 amide bonds. The van der Waals surface area contributed by atoms with Gasteiger partial charge in [-0.25, -0.2) is 0 Å². The van der Waals surface area contributed by atoms with E-state index in [9.17, 15) is 0 Å². The first-order valence-corrected chi connectivity index (χ1v) is 28.9. The second-order valence-corrected chi connectivity index (χ2v) is 25.4. The third-order valence-corrected chi connectivity index (χ3v) is 19.1. The van der Waals surface area contributed by atoms with Crippen molar-refractivity contribution in [3.8, 4) is 44.9 Å². The fourth-order valence-electron chi connectivity index (χ4n) is 14.3. The normalized spacial score (nSPS) is 14.6. The second-order valence-electron chi connectivity index (χ2n) is 24.3. The van der Waals surface area contributed by atoms with Crippen molar-refractivity contribution in [1.82, 2.24) is 0 Å². The second kappa shape index (κ2) is 16.8. The van der Waals surface area contributed by atoms with Crippen molar-refractivity contribution in [3.63, 3.8) is 0 Å². The zero-order valence-electron chi connectivity index (χ0n) is 45.7. The maximum absolute atomic E-state index is 6.84. The minimum absolute atomic E-state index is 0.0745. The van der Waals surface area contributed by atoms with E-state index in [1.54, 1.807) is 0 Å². The lowest BCUT2D eigenvalue weighted by Gasteiger charge is -2.41. The molecule has 11 aromatic carbocycles. The van der Waals surface area contributed by atoms with Gasteiger partial charge in [-0.1, -0.05) is 223 Å². The third kappa shape index (κ3) is 6.45. The number of nitrogens with zero attached hydrogens (tertiary/aromatic N) is 1. The van der Waals surface area contributed by atoms with Crippen LogP contribution in [0.1, 0.15) is 97.2 Å². The molecule has 0 bridgehead atoms. The number of hydrogen-bond acceptors (Lipinski definition) is 4. The summed E-state index contributed by atoms with van der Waals surface area (Å²) in [6.07, 6.45) is 0. The van der Waals surface area contributed by atoms with Gasteiger partial charge < -0.3 is 14.1 Å². The molecule has 4 aliphatic rings. The fraction of sp³-hybridized carbons (Fsp3) is 0.132. The lowest BCUT2D eigenvalue weighted by Crippen LogP contribution is -2.33. The van der Waals surface area contributed by atoms with Crippen molar-refractivity contribution >= 4 is 50.8 Å². The van der Waals surface area contributed by atoms with Crippen LogP contribution in [0.4, 0.5) is 17.1 Å². The molecule has 16 rings (SSSR count). The molecule has 0 fully saturated rings. The van der Waals surface area contributed by atoms with Gasteiger partial charge in [-0.2, -0.15) is 0 Å². The van der Waals surface area contributed by atoms with Crippen LogP contribution in [0.25, 0.3) is 55.3 Å². The van der Waals surface area contributed by atoms with Crippen molar-refractivity contribution in [3.05, 3.63) is 292 Å². The van der Waals surface area contributed by atoms with Crippen LogP contribution in [0, 0.1) is 0 Å². The summed E-state index contributed by atoms with van der Waals surface area (Å²) in [6, 6.07) is 88.8. The molecule has 4 heteroatoms. The van der Waals surface area contributed by atoms with Crippen molar-refractivity contribution < 1.29 is 9.15 Å². The summed E-state index contributed by atoms with van der Waals surface area (Å²) in [5.74, 6) is 1.75. The highest BCUT2D eigenvalue weighted by Crippen LogP contribution is 2.66. The Labute approximate surface area is 472 Å². The fourth-order valence-corrected chi connectivity index (χ4v) is 15.5. The van der Waals surface area contributed by atoms with Gasteiger partial charge in [0.15, 0.2) is 0 Å². The van der Waals surface area contributed by atoms with E-state index < -0.39 is 10.8 Å². The smallest absolute Gasteiger partial charge is 0.136 e. The highest BCUT2D eigenvalue weighted by molar-refractivity contribution is 7.99. The molecule has 0 unspecified atom stereocenters. The zero-order chi connectivity index (χ0) is 53.9. The lowest BCUT2D eigenvalue weighted by molar-refractivity contribution is 0.436. The average molecular weight is 1050 g/mol. The minimum atomic E-state index is -0.660. The number of para-hydroxylation sites is 4. The molecule has 0 radical (unpaired) electrons. The molecule has 2 spiro atoms. The standard InChI is InChI=1S/C76H57NO2S/c1-73(2,3)46-34-38-51-52-39-35-47(74(4,5)6)43-62(52)76(61(51)42-46)60-27-13-18-33-70(60)80-71-41-37-49(45-64(71)76)77(65-28-14-8-21-54(65)55-23-19-32-69-72(55)56-22-9-15-29-66(56)78-69)48-36-40-53-50-20-7-10-24-57(50)75(63(53)44-48)58-25-11-16-30-67(58)79-68-31-17-12-26-59(68)75/h7-45H,1-6H3. The van der Waals surface area contributed by atoms with E-state index in [2.05, 4.69) is 283 Å². The molecule has 12 aromatic rings. The van der Waals surface area contributed by atoms with E-state index >= 15 is 0 Å². The highest BCUT2D eigenvalue weighted by atomic mass is 32.2. The van der Waals surface area contributed by atoms with Crippen LogP contribution in [0.5, 0.6) is 11.5 Å². The van der Waals surface area contributed by atoms with E-state index in [1.165, 1.54) is 76.6 Å². The number of anilines is 3. The van der Waals surface area contributed by atoms with Crippen LogP contribution in [-0.4, -0.2) is 0 Å². The predicted octanol–water partition coefficient (Wildman–Crippen LogP) is 20.6.